The molecule has 2 aromatic carbocycles. The van der Waals surface area contributed by atoms with Crippen LogP contribution in [0, 0.1) is 6.92 Å². The van der Waals surface area contributed by atoms with Crippen LogP contribution in [-0.4, -0.2) is 22.4 Å². The normalized spacial score (nSPS) is 15.6. The van der Waals surface area contributed by atoms with Gasteiger partial charge in [-0.2, -0.15) is 0 Å². The number of benzene rings is 2. The Hall–Kier alpha value is -2.95. The van der Waals surface area contributed by atoms with Crippen molar-refractivity contribution in [2.75, 3.05) is 6.54 Å². The highest BCUT2D eigenvalue weighted by atomic mass is 16.1. The fourth-order valence-corrected chi connectivity index (χ4v) is 4.80. The molecule has 1 amide bonds. The summed E-state index contributed by atoms with van der Waals surface area (Å²) in [7, 11) is 0. The van der Waals surface area contributed by atoms with E-state index in [4.69, 9.17) is 0 Å². The number of fused-ring (bicyclic) bond motifs is 1. The number of carbonyl (C=O) groups excluding carboxylic acids is 1. The number of aromatic amines is 1. The van der Waals surface area contributed by atoms with Crippen molar-refractivity contribution in [2.45, 2.75) is 63.7 Å². The van der Waals surface area contributed by atoms with Crippen LogP contribution in [0.5, 0.6) is 0 Å². The lowest BCUT2D eigenvalue weighted by Gasteiger charge is -2.38. The summed E-state index contributed by atoms with van der Waals surface area (Å²) in [6.45, 7) is 2.82. The molecule has 0 unspecified atom stereocenters. The number of hydrogen-bond acceptors (Lipinski definition) is 3. The Morgan fingerprint density at radius 2 is 1.90 bits per heavy atom. The van der Waals surface area contributed by atoms with Gasteiger partial charge in [-0.3, -0.25) is 9.59 Å². The summed E-state index contributed by atoms with van der Waals surface area (Å²) in [5.74, 6) is 0.709. The molecule has 0 bridgehead atoms. The molecule has 5 heteroatoms. The van der Waals surface area contributed by atoms with E-state index in [1.165, 1.54) is 30.4 Å². The molecular formula is C26H31N3O2. The largest absolute Gasteiger partial charge is 0.355 e. The van der Waals surface area contributed by atoms with Gasteiger partial charge in [0.2, 0.25) is 5.91 Å². The molecule has 1 aliphatic rings. The Balaban J connectivity index is 1.34. The Morgan fingerprint density at radius 1 is 1.10 bits per heavy atom. The standard InChI is InChI=1S/C26H31N3O2/c1-19-9-7-10-20(17-19)26(15-5-2-6-16-26)18-27-24(30)14-8-13-23-28-22-12-4-3-11-21(22)25(31)29-23/h3-4,7,9-12,17H,2,5-6,8,13-16,18H2,1H3,(H,27,30)(H,28,29,31). The lowest BCUT2D eigenvalue weighted by Crippen LogP contribution is -2.42. The Kier molecular flexibility index (Phi) is 6.50. The number of hydrogen-bond donors (Lipinski definition) is 2. The number of H-pyrrole nitrogens is 1. The molecule has 31 heavy (non-hydrogen) atoms. The van der Waals surface area contributed by atoms with Gasteiger partial charge in [0.05, 0.1) is 10.9 Å². The van der Waals surface area contributed by atoms with Crippen LogP contribution < -0.4 is 10.9 Å². The van der Waals surface area contributed by atoms with E-state index in [9.17, 15) is 9.59 Å². The first-order valence-electron chi connectivity index (χ1n) is 11.4. The van der Waals surface area contributed by atoms with Crippen molar-refractivity contribution in [3.05, 3.63) is 75.8 Å². The molecule has 4 rings (SSSR count). The minimum Gasteiger partial charge on any atom is -0.355 e. The molecule has 2 N–H and O–H groups in total. The highest BCUT2D eigenvalue weighted by Gasteiger charge is 2.34. The quantitative estimate of drug-likeness (QED) is 0.591. The van der Waals surface area contributed by atoms with Crippen LogP contribution in [0.1, 0.15) is 61.9 Å². The second-order valence-electron chi connectivity index (χ2n) is 8.87. The third kappa shape index (κ3) is 5.04. The van der Waals surface area contributed by atoms with Crippen molar-refractivity contribution < 1.29 is 4.79 Å². The van der Waals surface area contributed by atoms with Crippen LogP contribution in [0.2, 0.25) is 0 Å². The molecule has 1 aliphatic carbocycles. The van der Waals surface area contributed by atoms with E-state index in [0.29, 0.717) is 42.5 Å². The van der Waals surface area contributed by atoms with Crippen LogP contribution in [0.15, 0.2) is 53.3 Å². The summed E-state index contributed by atoms with van der Waals surface area (Å²) < 4.78 is 0. The topological polar surface area (TPSA) is 74.8 Å². The van der Waals surface area contributed by atoms with E-state index in [2.05, 4.69) is 46.5 Å². The molecule has 0 saturated heterocycles. The molecule has 0 atom stereocenters. The lowest BCUT2D eigenvalue weighted by atomic mass is 9.69. The molecule has 1 aromatic heterocycles. The van der Waals surface area contributed by atoms with Crippen molar-refractivity contribution in [2.24, 2.45) is 0 Å². The number of nitrogens with zero attached hydrogens (tertiary/aromatic N) is 1. The van der Waals surface area contributed by atoms with Crippen molar-refractivity contribution in [3.8, 4) is 0 Å². The molecule has 0 spiro atoms. The van der Waals surface area contributed by atoms with Gasteiger partial charge in [0, 0.05) is 24.8 Å². The number of aryl methyl sites for hydroxylation is 2. The van der Waals surface area contributed by atoms with Crippen LogP contribution in [0.25, 0.3) is 10.9 Å². The maximum absolute atomic E-state index is 12.6. The maximum atomic E-state index is 12.6. The minimum absolute atomic E-state index is 0.0467. The number of rotatable bonds is 7. The lowest BCUT2D eigenvalue weighted by molar-refractivity contribution is -0.121. The van der Waals surface area contributed by atoms with Gasteiger partial charge < -0.3 is 10.3 Å². The monoisotopic (exact) mass is 417 g/mol. The van der Waals surface area contributed by atoms with Crippen LogP contribution in [0.3, 0.4) is 0 Å². The second kappa shape index (κ2) is 9.46. The SMILES string of the molecule is Cc1cccc(C2(CNC(=O)CCCc3nc4ccccc4c(=O)[nH]3)CCCCC2)c1. The molecule has 1 fully saturated rings. The van der Waals surface area contributed by atoms with E-state index in [1.54, 1.807) is 6.07 Å². The first-order valence-corrected chi connectivity index (χ1v) is 11.4. The summed E-state index contributed by atoms with van der Waals surface area (Å²) in [6.07, 6.45) is 7.62. The van der Waals surface area contributed by atoms with Crippen LogP contribution in [-0.2, 0) is 16.6 Å². The van der Waals surface area contributed by atoms with Gasteiger partial charge in [-0.15, -0.1) is 0 Å². The number of nitrogens with one attached hydrogen (secondary N) is 2. The van der Waals surface area contributed by atoms with Gasteiger partial charge in [0.15, 0.2) is 0 Å². The van der Waals surface area contributed by atoms with Crippen LogP contribution >= 0.6 is 0 Å². The molecule has 0 radical (unpaired) electrons. The molecule has 3 aromatic rings. The van der Waals surface area contributed by atoms with Gasteiger partial charge >= 0.3 is 0 Å². The number of carbonyl (C=O) groups is 1. The highest BCUT2D eigenvalue weighted by molar-refractivity contribution is 5.77. The molecule has 1 heterocycles. The summed E-state index contributed by atoms with van der Waals surface area (Å²) in [5, 5.41) is 3.80. The van der Waals surface area contributed by atoms with E-state index in [1.807, 2.05) is 18.2 Å². The summed E-state index contributed by atoms with van der Waals surface area (Å²) in [6, 6.07) is 16.1. The zero-order chi connectivity index (χ0) is 21.7. The summed E-state index contributed by atoms with van der Waals surface area (Å²) in [4.78, 5) is 32.2. The molecular weight excluding hydrogens is 386 g/mol. The van der Waals surface area contributed by atoms with E-state index >= 15 is 0 Å². The number of para-hydroxylation sites is 1. The molecule has 1 saturated carbocycles. The molecule has 162 valence electrons. The van der Waals surface area contributed by atoms with Gasteiger partial charge in [-0.25, -0.2) is 4.98 Å². The third-order valence-corrected chi connectivity index (χ3v) is 6.54. The van der Waals surface area contributed by atoms with Gasteiger partial charge in [-0.1, -0.05) is 61.2 Å². The average Bonchev–Trinajstić information content (AvgIpc) is 2.78. The Bertz CT molecular complexity index is 1110. The third-order valence-electron chi connectivity index (χ3n) is 6.54. The minimum atomic E-state index is -0.123. The Morgan fingerprint density at radius 3 is 2.71 bits per heavy atom. The first-order chi connectivity index (χ1) is 15.1. The van der Waals surface area contributed by atoms with Gasteiger partial charge in [0.1, 0.15) is 5.82 Å². The van der Waals surface area contributed by atoms with Crippen molar-refractivity contribution >= 4 is 16.8 Å². The van der Waals surface area contributed by atoms with Crippen LogP contribution in [0.4, 0.5) is 0 Å². The van der Waals surface area contributed by atoms with Crippen molar-refractivity contribution in [1.29, 1.82) is 0 Å². The van der Waals surface area contributed by atoms with E-state index < -0.39 is 0 Å². The molecule has 0 aliphatic heterocycles. The number of aromatic nitrogens is 2. The van der Waals surface area contributed by atoms with Gasteiger partial charge in [-0.05, 0) is 43.9 Å². The first kappa shape index (κ1) is 21.3. The fraction of sp³-hybridized carbons (Fsp3) is 0.423. The fourth-order valence-electron chi connectivity index (χ4n) is 4.80. The molecule has 5 nitrogen and oxygen atoms in total. The average molecular weight is 418 g/mol. The van der Waals surface area contributed by atoms with Crippen molar-refractivity contribution in [3.63, 3.8) is 0 Å². The van der Waals surface area contributed by atoms with E-state index in [-0.39, 0.29) is 16.9 Å². The van der Waals surface area contributed by atoms with Gasteiger partial charge in [0.25, 0.3) is 5.56 Å². The zero-order valence-electron chi connectivity index (χ0n) is 18.2. The van der Waals surface area contributed by atoms with E-state index in [0.717, 1.165) is 12.8 Å². The van der Waals surface area contributed by atoms with Crippen molar-refractivity contribution in [1.82, 2.24) is 15.3 Å². The second-order valence-corrected chi connectivity index (χ2v) is 8.87. The number of amides is 1. The zero-order valence-corrected chi connectivity index (χ0v) is 18.2. The smallest absolute Gasteiger partial charge is 0.258 e. The predicted octanol–water partition coefficient (Wildman–Crippen LogP) is 4.57. The summed E-state index contributed by atoms with van der Waals surface area (Å²) >= 11 is 0. The maximum Gasteiger partial charge on any atom is 0.258 e. The highest BCUT2D eigenvalue weighted by Crippen LogP contribution is 2.39. The predicted molar refractivity (Wildman–Crippen MR) is 124 cm³/mol. The Labute approximate surface area is 183 Å². The summed E-state index contributed by atoms with van der Waals surface area (Å²) in [5.41, 5.74) is 3.24.